The third-order valence-corrected chi connectivity index (χ3v) is 3.85. The zero-order chi connectivity index (χ0) is 18.9. The maximum atomic E-state index is 12.6. The Morgan fingerprint density at radius 1 is 0.963 bits per heavy atom. The molecule has 27 heavy (non-hydrogen) atoms. The predicted molar refractivity (Wildman–Crippen MR) is 102 cm³/mol. The van der Waals surface area contributed by atoms with Gasteiger partial charge in [0.1, 0.15) is 11.8 Å². The van der Waals surface area contributed by atoms with Crippen molar-refractivity contribution in [3.8, 4) is 0 Å². The van der Waals surface area contributed by atoms with Crippen molar-refractivity contribution in [2.24, 2.45) is 5.10 Å². The van der Waals surface area contributed by atoms with Crippen molar-refractivity contribution < 1.29 is 14.0 Å². The van der Waals surface area contributed by atoms with Crippen LogP contribution in [0, 0.1) is 0 Å². The van der Waals surface area contributed by atoms with E-state index in [0.29, 0.717) is 17.7 Å². The maximum Gasteiger partial charge on any atom is 0.262 e. The first kappa shape index (κ1) is 18.1. The van der Waals surface area contributed by atoms with Crippen LogP contribution in [0.25, 0.3) is 0 Å². The van der Waals surface area contributed by atoms with Gasteiger partial charge < -0.3 is 9.73 Å². The molecule has 2 amide bonds. The summed E-state index contributed by atoms with van der Waals surface area (Å²) in [6.45, 7) is 0. The number of hydrogen-bond donors (Lipinski definition) is 2. The van der Waals surface area contributed by atoms with Crippen LogP contribution in [0.5, 0.6) is 0 Å². The molecule has 3 aromatic rings. The Morgan fingerprint density at radius 2 is 1.67 bits per heavy atom. The van der Waals surface area contributed by atoms with Gasteiger partial charge in [-0.15, -0.1) is 0 Å². The van der Waals surface area contributed by atoms with Crippen molar-refractivity contribution in [2.75, 3.05) is 0 Å². The maximum absolute atomic E-state index is 12.6. The Labute approximate surface area is 156 Å². The highest BCUT2D eigenvalue weighted by Crippen LogP contribution is 2.06. The smallest absolute Gasteiger partial charge is 0.262 e. The monoisotopic (exact) mass is 361 g/mol. The van der Waals surface area contributed by atoms with Crippen LogP contribution in [0.15, 0.2) is 88.6 Å². The minimum absolute atomic E-state index is 0.318. The second-order valence-electron chi connectivity index (χ2n) is 5.83. The molecule has 1 heterocycles. The number of hydrazone groups is 1. The average Bonchev–Trinajstić information content (AvgIpc) is 3.22. The fourth-order valence-electron chi connectivity index (χ4n) is 2.49. The summed E-state index contributed by atoms with van der Waals surface area (Å²) >= 11 is 0. The second-order valence-corrected chi connectivity index (χ2v) is 5.83. The van der Waals surface area contributed by atoms with Crippen molar-refractivity contribution in [1.29, 1.82) is 0 Å². The molecule has 1 aromatic heterocycles. The number of nitrogens with one attached hydrogen (secondary N) is 2. The van der Waals surface area contributed by atoms with E-state index in [-0.39, 0.29) is 5.91 Å². The van der Waals surface area contributed by atoms with E-state index in [1.54, 1.807) is 36.4 Å². The summed E-state index contributed by atoms with van der Waals surface area (Å²) in [5.74, 6) is -0.212. The van der Waals surface area contributed by atoms with Gasteiger partial charge in [0.25, 0.3) is 11.8 Å². The molecule has 0 fully saturated rings. The molecule has 3 rings (SSSR count). The molecule has 0 spiro atoms. The molecular weight excluding hydrogens is 342 g/mol. The topological polar surface area (TPSA) is 83.7 Å². The number of furan rings is 1. The molecule has 0 bridgehead atoms. The zero-order valence-electron chi connectivity index (χ0n) is 14.5. The van der Waals surface area contributed by atoms with Gasteiger partial charge in [-0.3, -0.25) is 9.59 Å². The molecule has 1 atom stereocenters. The lowest BCUT2D eigenvalue weighted by Gasteiger charge is -2.17. The van der Waals surface area contributed by atoms with Gasteiger partial charge in [0.2, 0.25) is 0 Å². The predicted octanol–water partition coefficient (Wildman–Crippen LogP) is 2.77. The minimum atomic E-state index is -0.770. The third kappa shape index (κ3) is 5.40. The molecule has 0 aliphatic heterocycles. The number of carbonyl (C=O) groups excluding carboxylic acids is 2. The van der Waals surface area contributed by atoms with Crippen molar-refractivity contribution in [1.82, 2.24) is 10.7 Å². The van der Waals surface area contributed by atoms with Crippen LogP contribution in [0.3, 0.4) is 0 Å². The van der Waals surface area contributed by atoms with Crippen LogP contribution in [-0.2, 0) is 11.2 Å². The Hall–Kier alpha value is -3.67. The van der Waals surface area contributed by atoms with E-state index < -0.39 is 11.9 Å². The largest absolute Gasteiger partial charge is 0.463 e. The van der Waals surface area contributed by atoms with Gasteiger partial charge in [-0.1, -0.05) is 48.5 Å². The van der Waals surface area contributed by atoms with E-state index in [9.17, 15) is 9.59 Å². The van der Waals surface area contributed by atoms with Gasteiger partial charge in [-0.2, -0.15) is 5.10 Å². The number of nitrogens with zero attached hydrogens (tertiary/aromatic N) is 1. The molecule has 0 radical (unpaired) electrons. The van der Waals surface area contributed by atoms with Gasteiger partial charge >= 0.3 is 0 Å². The quantitative estimate of drug-likeness (QED) is 0.501. The molecule has 2 aromatic carbocycles. The molecule has 0 unspecified atom stereocenters. The zero-order valence-corrected chi connectivity index (χ0v) is 14.5. The summed E-state index contributed by atoms with van der Waals surface area (Å²) < 4.78 is 5.12. The van der Waals surface area contributed by atoms with Crippen molar-refractivity contribution >= 4 is 18.0 Å². The number of rotatable bonds is 7. The van der Waals surface area contributed by atoms with E-state index in [1.807, 2.05) is 36.4 Å². The number of carbonyl (C=O) groups is 2. The van der Waals surface area contributed by atoms with Gasteiger partial charge in [0.05, 0.1) is 12.5 Å². The number of hydrogen-bond acceptors (Lipinski definition) is 4. The van der Waals surface area contributed by atoms with E-state index in [4.69, 9.17) is 4.42 Å². The van der Waals surface area contributed by atoms with Gasteiger partial charge in [-0.25, -0.2) is 5.43 Å². The van der Waals surface area contributed by atoms with Crippen LogP contribution in [0.4, 0.5) is 0 Å². The summed E-state index contributed by atoms with van der Waals surface area (Å²) in [6.07, 6.45) is 3.26. The number of amides is 2. The third-order valence-electron chi connectivity index (χ3n) is 3.85. The van der Waals surface area contributed by atoms with Gasteiger partial charge in [0.15, 0.2) is 0 Å². The lowest BCUT2D eigenvalue weighted by molar-refractivity contribution is -0.122. The summed E-state index contributed by atoms with van der Waals surface area (Å²) in [5.41, 5.74) is 3.87. The van der Waals surface area contributed by atoms with Crippen LogP contribution >= 0.6 is 0 Å². The highest BCUT2D eigenvalue weighted by molar-refractivity contribution is 5.97. The van der Waals surface area contributed by atoms with Crippen LogP contribution in [0.2, 0.25) is 0 Å². The normalized spacial score (nSPS) is 11.9. The summed E-state index contributed by atoms with van der Waals surface area (Å²) in [7, 11) is 0. The Kier molecular flexibility index (Phi) is 6.14. The lowest BCUT2D eigenvalue weighted by atomic mass is 10.0. The van der Waals surface area contributed by atoms with E-state index in [2.05, 4.69) is 15.8 Å². The second kappa shape index (κ2) is 9.15. The van der Waals surface area contributed by atoms with Crippen molar-refractivity contribution in [3.63, 3.8) is 0 Å². The Balaban J connectivity index is 1.70. The molecule has 6 nitrogen and oxygen atoms in total. The summed E-state index contributed by atoms with van der Waals surface area (Å²) in [5, 5.41) is 6.66. The Bertz CT molecular complexity index is 891. The van der Waals surface area contributed by atoms with Crippen LogP contribution in [0.1, 0.15) is 21.7 Å². The first-order chi connectivity index (χ1) is 13.2. The first-order valence-corrected chi connectivity index (χ1v) is 8.48. The van der Waals surface area contributed by atoms with Crippen molar-refractivity contribution in [2.45, 2.75) is 12.5 Å². The molecule has 136 valence electrons. The highest BCUT2D eigenvalue weighted by Gasteiger charge is 2.21. The molecule has 0 saturated carbocycles. The summed E-state index contributed by atoms with van der Waals surface area (Å²) in [6, 6.07) is 20.9. The minimum Gasteiger partial charge on any atom is -0.463 e. The highest BCUT2D eigenvalue weighted by atomic mass is 16.3. The fourth-order valence-corrected chi connectivity index (χ4v) is 2.49. The van der Waals surface area contributed by atoms with Crippen LogP contribution in [-0.4, -0.2) is 24.1 Å². The molecule has 6 heteroatoms. The lowest BCUT2D eigenvalue weighted by Crippen LogP contribution is -2.46. The molecule has 2 N–H and O–H groups in total. The molecule has 0 saturated heterocycles. The molecule has 0 aliphatic carbocycles. The van der Waals surface area contributed by atoms with Crippen LogP contribution < -0.4 is 10.7 Å². The molecular formula is C21H19N3O3. The van der Waals surface area contributed by atoms with E-state index >= 15 is 0 Å². The number of benzene rings is 2. The average molecular weight is 361 g/mol. The van der Waals surface area contributed by atoms with E-state index in [0.717, 1.165) is 5.56 Å². The standard InChI is InChI=1S/C21H19N3O3/c25-20(17-10-5-2-6-11-17)23-19(14-16-8-3-1-4-9-16)21(26)24-22-15-18-12-7-13-27-18/h1-13,15,19H,14H2,(H,23,25)(H,24,26)/b22-15-/t19-/m1/s1. The fraction of sp³-hybridized carbons (Fsp3) is 0.0952. The van der Waals surface area contributed by atoms with Gasteiger partial charge in [-0.05, 0) is 29.8 Å². The van der Waals surface area contributed by atoms with Crippen molar-refractivity contribution in [3.05, 3.63) is 95.9 Å². The Morgan fingerprint density at radius 3 is 2.33 bits per heavy atom. The first-order valence-electron chi connectivity index (χ1n) is 8.48. The molecule has 0 aliphatic rings. The van der Waals surface area contributed by atoms with Gasteiger partial charge in [0, 0.05) is 12.0 Å². The van der Waals surface area contributed by atoms with E-state index in [1.165, 1.54) is 12.5 Å². The summed E-state index contributed by atoms with van der Waals surface area (Å²) in [4.78, 5) is 25.0. The SMILES string of the molecule is O=C(N[C@H](Cc1ccccc1)C(=O)N/N=C\c1ccco1)c1ccccc1.